The minimum Gasteiger partial charge on any atom is -0.495 e. The van der Waals surface area contributed by atoms with Gasteiger partial charge in [-0.05, 0) is 51.1 Å². The average Bonchev–Trinajstić information content (AvgIpc) is 2.77. The van der Waals surface area contributed by atoms with E-state index in [0.717, 1.165) is 5.56 Å². The number of morpholine rings is 1. The number of sulfonamides is 1. The Balaban J connectivity index is 1.73. The summed E-state index contributed by atoms with van der Waals surface area (Å²) in [5.41, 5.74) is 1.34. The molecule has 9 nitrogen and oxygen atoms in total. The number of nitrogens with zero attached hydrogens (tertiary/aromatic N) is 1. The van der Waals surface area contributed by atoms with Gasteiger partial charge in [0.2, 0.25) is 0 Å². The van der Waals surface area contributed by atoms with Crippen LogP contribution in [0, 0.1) is 6.92 Å². The van der Waals surface area contributed by atoms with Crippen LogP contribution in [0.2, 0.25) is 0 Å². The molecule has 3 rings (SSSR count). The normalized spacial score (nSPS) is 18.5. The average molecular weight is 477 g/mol. The summed E-state index contributed by atoms with van der Waals surface area (Å²) in [5.74, 6) is -1.08. The monoisotopic (exact) mass is 476 g/mol. The third-order valence-electron chi connectivity index (χ3n) is 5.09. The Labute approximate surface area is 193 Å². The summed E-state index contributed by atoms with van der Waals surface area (Å²) in [4.78, 5) is 26.4. The van der Waals surface area contributed by atoms with Gasteiger partial charge >= 0.3 is 5.97 Å². The highest BCUT2D eigenvalue weighted by Crippen LogP contribution is 2.27. The van der Waals surface area contributed by atoms with E-state index >= 15 is 0 Å². The molecule has 0 aliphatic carbocycles. The lowest BCUT2D eigenvalue weighted by molar-refractivity contribution is -0.146. The summed E-state index contributed by atoms with van der Waals surface area (Å²) >= 11 is 0. The first kappa shape index (κ1) is 24.5. The maximum atomic E-state index is 13.0. The van der Waals surface area contributed by atoms with Crippen LogP contribution >= 0.6 is 0 Å². The second-order valence-corrected chi connectivity index (χ2v) is 9.62. The van der Waals surface area contributed by atoms with Crippen LogP contribution in [0.5, 0.6) is 5.75 Å². The van der Waals surface area contributed by atoms with Crippen molar-refractivity contribution in [2.45, 2.75) is 37.9 Å². The fraction of sp³-hybridized carbons (Fsp3) is 0.391. The molecule has 1 aliphatic rings. The van der Waals surface area contributed by atoms with Crippen LogP contribution < -0.4 is 9.46 Å². The predicted molar refractivity (Wildman–Crippen MR) is 122 cm³/mol. The Kier molecular flexibility index (Phi) is 7.60. The third-order valence-corrected chi connectivity index (χ3v) is 6.49. The summed E-state index contributed by atoms with van der Waals surface area (Å²) in [6.45, 7) is 6.00. The van der Waals surface area contributed by atoms with Crippen LogP contribution in [-0.2, 0) is 24.3 Å². The number of carbonyl (C=O) groups is 2. The van der Waals surface area contributed by atoms with Gasteiger partial charge in [-0.25, -0.2) is 13.2 Å². The first-order valence-corrected chi connectivity index (χ1v) is 11.9. The van der Waals surface area contributed by atoms with Gasteiger partial charge in [0.05, 0.1) is 24.9 Å². The number of hydrogen-bond acceptors (Lipinski definition) is 7. The Bertz CT molecular complexity index is 1110. The summed E-state index contributed by atoms with van der Waals surface area (Å²) < 4.78 is 44.3. The molecule has 178 valence electrons. The molecule has 10 heteroatoms. The molecule has 0 spiro atoms. The van der Waals surface area contributed by atoms with Gasteiger partial charge in [0.25, 0.3) is 15.9 Å². The lowest BCUT2D eigenvalue weighted by atomic mass is 10.2. The summed E-state index contributed by atoms with van der Waals surface area (Å²) in [7, 11) is -2.72. The quantitative estimate of drug-likeness (QED) is 0.612. The number of methoxy groups -OCH3 is 1. The zero-order chi connectivity index (χ0) is 24.2. The van der Waals surface area contributed by atoms with E-state index in [2.05, 4.69) is 4.72 Å². The van der Waals surface area contributed by atoms with Gasteiger partial charge in [-0.1, -0.05) is 17.7 Å². The van der Waals surface area contributed by atoms with Crippen LogP contribution in [0.15, 0.2) is 47.4 Å². The number of anilines is 1. The maximum Gasteiger partial charge on any atom is 0.338 e. The molecule has 1 N–H and O–H groups in total. The van der Waals surface area contributed by atoms with Crippen molar-refractivity contribution in [1.29, 1.82) is 0 Å². The lowest BCUT2D eigenvalue weighted by Gasteiger charge is -2.35. The molecule has 33 heavy (non-hydrogen) atoms. The fourth-order valence-electron chi connectivity index (χ4n) is 3.53. The molecular weight excluding hydrogens is 448 g/mol. The predicted octanol–water partition coefficient (Wildman–Crippen LogP) is 2.60. The zero-order valence-corrected chi connectivity index (χ0v) is 19.8. The van der Waals surface area contributed by atoms with E-state index in [-0.39, 0.29) is 34.3 Å². The number of rotatable bonds is 7. The highest BCUT2D eigenvalue weighted by molar-refractivity contribution is 7.92. The number of aryl methyl sites for hydroxylation is 1. The van der Waals surface area contributed by atoms with Crippen molar-refractivity contribution in [3.8, 4) is 5.75 Å². The molecule has 1 saturated heterocycles. The van der Waals surface area contributed by atoms with Crippen LogP contribution in [-0.4, -0.2) is 64.2 Å². The lowest BCUT2D eigenvalue weighted by Crippen LogP contribution is -2.49. The minimum atomic E-state index is -4.06. The van der Waals surface area contributed by atoms with E-state index in [4.69, 9.17) is 14.2 Å². The van der Waals surface area contributed by atoms with E-state index in [9.17, 15) is 18.0 Å². The van der Waals surface area contributed by atoms with Crippen molar-refractivity contribution in [3.63, 3.8) is 0 Å². The van der Waals surface area contributed by atoms with Crippen molar-refractivity contribution in [2.75, 3.05) is 31.5 Å². The van der Waals surface area contributed by atoms with Crippen molar-refractivity contribution in [1.82, 2.24) is 4.90 Å². The third kappa shape index (κ3) is 6.23. The molecule has 1 heterocycles. The molecule has 0 aromatic heterocycles. The van der Waals surface area contributed by atoms with E-state index in [1.54, 1.807) is 29.2 Å². The summed E-state index contributed by atoms with van der Waals surface area (Å²) in [6, 6.07) is 10.7. The van der Waals surface area contributed by atoms with Crippen molar-refractivity contribution >= 4 is 27.6 Å². The van der Waals surface area contributed by atoms with Gasteiger partial charge in [0.15, 0.2) is 6.61 Å². The van der Waals surface area contributed by atoms with Crippen molar-refractivity contribution < 1.29 is 32.2 Å². The molecule has 2 atom stereocenters. The zero-order valence-electron chi connectivity index (χ0n) is 19.0. The van der Waals surface area contributed by atoms with E-state index in [1.165, 1.54) is 25.3 Å². The largest absolute Gasteiger partial charge is 0.495 e. The molecule has 0 bridgehead atoms. The van der Waals surface area contributed by atoms with E-state index in [1.807, 2.05) is 20.8 Å². The minimum absolute atomic E-state index is 0.0170. The molecule has 1 amide bonds. The Morgan fingerprint density at radius 1 is 1.09 bits per heavy atom. The topological polar surface area (TPSA) is 111 Å². The van der Waals surface area contributed by atoms with Gasteiger partial charge in [-0.2, -0.15) is 0 Å². The van der Waals surface area contributed by atoms with Gasteiger partial charge in [0.1, 0.15) is 10.6 Å². The van der Waals surface area contributed by atoms with Gasteiger partial charge < -0.3 is 19.1 Å². The number of benzene rings is 2. The SMILES string of the molecule is COc1ccc(C(=O)OCC(=O)N2CC(C)OC(C)C2)cc1S(=O)(=O)Nc1ccc(C)cc1. The van der Waals surface area contributed by atoms with Crippen LogP contribution in [0.25, 0.3) is 0 Å². The van der Waals surface area contributed by atoms with Crippen LogP contribution in [0.1, 0.15) is 29.8 Å². The fourth-order valence-corrected chi connectivity index (χ4v) is 4.78. The van der Waals surface area contributed by atoms with Crippen molar-refractivity contribution in [3.05, 3.63) is 53.6 Å². The second kappa shape index (κ2) is 10.2. The molecule has 2 aromatic rings. The van der Waals surface area contributed by atoms with E-state index in [0.29, 0.717) is 18.8 Å². The first-order chi connectivity index (χ1) is 15.6. The van der Waals surface area contributed by atoms with Gasteiger partial charge in [-0.15, -0.1) is 0 Å². The maximum absolute atomic E-state index is 13.0. The first-order valence-electron chi connectivity index (χ1n) is 10.5. The Hall–Kier alpha value is -3.11. The molecule has 1 aliphatic heterocycles. The standard InChI is InChI=1S/C23H28N2O7S/c1-15-5-8-19(9-6-15)24-33(28,29)21-11-18(7-10-20(21)30-4)23(27)31-14-22(26)25-12-16(2)32-17(3)13-25/h5-11,16-17,24H,12-14H2,1-4H3. The second-order valence-electron chi connectivity index (χ2n) is 7.97. The Morgan fingerprint density at radius 3 is 2.33 bits per heavy atom. The summed E-state index contributed by atoms with van der Waals surface area (Å²) in [6.07, 6.45) is -0.215. The number of ether oxygens (including phenoxy) is 3. The number of hydrogen-bond donors (Lipinski definition) is 1. The summed E-state index contributed by atoms with van der Waals surface area (Å²) in [5, 5.41) is 0. The smallest absolute Gasteiger partial charge is 0.338 e. The van der Waals surface area contributed by atoms with Gasteiger partial charge in [-0.3, -0.25) is 9.52 Å². The van der Waals surface area contributed by atoms with Crippen molar-refractivity contribution in [2.24, 2.45) is 0 Å². The van der Waals surface area contributed by atoms with Crippen LogP contribution in [0.4, 0.5) is 5.69 Å². The highest BCUT2D eigenvalue weighted by Gasteiger charge is 2.27. The number of carbonyl (C=O) groups excluding carboxylic acids is 2. The highest BCUT2D eigenvalue weighted by atomic mass is 32.2. The molecular formula is C23H28N2O7S. The number of amides is 1. The Morgan fingerprint density at radius 2 is 1.73 bits per heavy atom. The molecule has 2 aromatic carbocycles. The molecule has 0 radical (unpaired) electrons. The van der Waals surface area contributed by atoms with Crippen LogP contribution in [0.3, 0.4) is 0 Å². The molecule has 0 saturated carbocycles. The number of esters is 1. The molecule has 1 fully saturated rings. The number of nitrogens with one attached hydrogen (secondary N) is 1. The van der Waals surface area contributed by atoms with E-state index < -0.39 is 22.6 Å². The molecule has 2 unspecified atom stereocenters. The van der Waals surface area contributed by atoms with Gasteiger partial charge in [0, 0.05) is 18.8 Å².